The predicted octanol–water partition coefficient (Wildman–Crippen LogP) is 1.67. The Morgan fingerprint density at radius 1 is 1.18 bits per heavy atom. The Balaban J connectivity index is 1.31. The van der Waals surface area contributed by atoms with E-state index in [2.05, 4.69) is 20.0 Å². The molecule has 0 bridgehead atoms. The molecule has 2 aromatic heterocycles. The van der Waals surface area contributed by atoms with Crippen LogP contribution in [0.2, 0.25) is 0 Å². The van der Waals surface area contributed by atoms with E-state index in [0.29, 0.717) is 43.2 Å². The van der Waals surface area contributed by atoms with Crippen LogP contribution in [0.5, 0.6) is 0 Å². The summed E-state index contributed by atoms with van der Waals surface area (Å²) < 4.78 is 0. The van der Waals surface area contributed by atoms with Crippen molar-refractivity contribution in [1.29, 1.82) is 0 Å². The maximum Gasteiger partial charge on any atom is 0.225 e. The number of hydrogen-bond donors (Lipinski definition) is 2. The molecule has 0 aliphatic carbocycles. The number of carbonyl (C=O) groups is 1. The van der Waals surface area contributed by atoms with E-state index in [4.69, 9.17) is 10.6 Å². The van der Waals surface area contributed by atoms with E-state index in [9.17, 15) is 9.90 Å². The van der Waals surface area contributed by atoms with Gasteiger partial charge in [0.25, 0.3) is 0 Å². The van der Waals surface area contributed by atoms with Crippen LogP contribution in [0.3, 0.4) is 0 Å². The Hall–Kier alpha value is -3.04. The van der Waals surface area contributed by atoms with Crippen LogP contribution < -0.4 is 5.73 Å². The first-order valence-corrected chi connectivity index (χ1v) is 11.5. The lowest BCUT2D eigenvalue weighted by atomic mass is 9.84. The van der Waals surface area contributed by atoms with Gasteiger partial charge in [0.2, 0.25) is 5.91 Å². The lowest BCUT2D eigenvalue weighted by molar-refractivity contribution is -0.139. The molecule has 3 N–H and O–H groups in total. The first-order chi connectivity index (χ1) is 16.0. The number of nitrogens with two attached hydrogens (primary N) is 1. The van der Waals surface area contributed by atoms with Crippen molar-refractivity contribution in [2.45, 2.75) is 37.8 Å². The van der Waals surface area contributed by atoms with E-state index >= 15 is 0 Å². The second-order valence-electron chi connectivity index (χ2n) is 8.83. The number of amides is 1. The van der Waals surface area contributed by atoms with Crippen LogP contribution in [0.25, 0.3) is 0 Å². The maximum atomic E-state index is 13.2. The fourth-order valence-corrected chi connectivity index (χ4v) is 4.75. The molecule has 0 saturated carbocycles. The third-order valence-electron chi connectivity index (χ3n) is 6.62. The van der Waals surface area contributed by atoms with Gasteiger partial charge in [-0.2, -0.15) is 0 Å². The van der Waals surface area contributed by atoms with Crippen molar-refractivity contribution in [3.8, 4) is 0 Å². The largest absolute Gasteiger partial charge is 0.399 e. The summed E-state index contributed by atoms with van der Waals surface area (Å²) in [7, 11) is 1.46. The van der Waals surface area contributed by atoms with Crippen molar-refractivity contribution < 1.29 is 14.7 Å². The number of pyridine rings is 2. The molecule has 0 aromatic carbocycles. The molecule has 2 aromatic rings. The number of nitrogens with zero attached hydrogens (tertiary/aromatic N) is 5. The Kier molecular flexibility index (Phi) is 7.20. The molecule has 0 spiro atoms. The van der Waals surface area contributed by atoms with Gasteiger partial charge in [-0.3, -0.25) is 14.7 Å². The van der Waals surface area contributed by atoms with Crippen LogP contribution in [0.4, 0.5) is 5.82 Å². The molecule has 0 atom stereocenters. The van der Waals surface area contributed by atoms with Gasteiger partial charge in [0.1, 0.15) is 24.2 Å². The molecule has 2 saturated heterocycles. The average molecular weight is 453 g/mol. The molecular formula is C24H32N6O3. The highest BCUT2D eigenvalue weighted by atomic mass is 16.6. The van der Waals surface area contributed by atoms with Gasteiger partial charge in [0, 0.05) is 37.9 Å². The summed E-state index contributed by atoms with van der Waals surface area (Å²) in [5.41, 5.74) is 6.76. The quantitative estimate of drug-likeness (QED) is 0.506. The minimum Gasteiger partial charge on any atom is -0.399 e. The molecule has 2 aliphatic rings. The topological polar surface area (TPSA) is 117 Å². The van der Waals surface area contributed by atoms with Gasteiger partial charge in [-0.05, 0) is 68.6 Å². The van der Waals surface area contributed by atoms with Gasteiger partial charge in [-0.1, -0.05) is 11.2 Å². The Labute approximate surface area is 194 Å². The van der Waals surface area contributed by atoms with Gasteiger partial charge in [-0.25, -0.2) is 4.98 Å². The van der Waals surface area contributed by atoms with Crippen molar-refractivity contribution in [2.24, 2.45) is 11.1 Å². The molecule has 9 heteroatoms. The molecule has 2 aliphatic heterocycles. The average Bonchev–Trinajstić information content (AvgIpc) is 2.83. The van der Waals surface area contributed by atoms with Crippen LogP contribution in [-0.2, 0) is 16.2 Å². The second-order valence-corrected chi connectivity index (χ2v) is 8.83. The number of carbonyl (C=O) groups excluding carboxylic acids is 1. The summed E-state index contributed by atoms with van der Waals surface area (Å²) in [6.07, 6.45) is 5.88. The monoisotopic (exact) mass is 452 g/mol. The number of anilines is 1. The lowest BCUT2D eigenvalue weighted by Gasteiger charge is -2.40. The van der Waals surface area contributed by atoms with E-state index in [0.717, 1.165) is 38.0 Å². The zero-order chi connectivity index (χ0) is 23.3. The standard InChI is InChI=1S/C24H32N6O3/c1-33-28-22(20-4-2-3-10-26-20)24(32)8-14-30(15-9-24)23(31)19-6-12-29(13-7-19)17-18-5-11-27-21(25)16-18/h2-5,10-11,16,19,32H,6-9,12-15,17H2,1H3,(H2,25,27)/b28-22-. The van der Waals surface area contributed by atoms with Crippen LogP contribution in [0.1, 0.15) is 36.9 Å². The summed E-state index contributed by atoms with van der Waals surface area (Å²) in [4.78, 5) is 30.8. The van der Waals surface area contributed by atoms with Gasteiger partial charge < -0.3 is 20.6 Å². The third-order valence-corrected chi connectivity index (χ3v) is 6.62. The lowest BCUT2D eigenvalue weighted by Crippen LogP contribution is -2.53. The zero-order valence-corrected chi connectivity index (χ0v) is 19.1. The number of rotatable bonds is 6. The van der Waals surface area contributed by atoms with Gasteiger partial charge in [0.05, 0.1) is 5.69 Å². The molecule has 1 amide bonds. The molecule has 9 nitrogen and oxygen atoms in total. The first-order valence-electron chi connectivity index (χ1n) is 11.5. The number of likely N-dealkylation sites (tertiary alicyclic amines) is 2. The first kappa shape index (κ1) is 23.1. The van der Waals surface area contributed by atoms with Crippen LogP contribution in [0.15, 0.2) is 47.9 Å². The van der Waals surface area contributed by atoms with Crippen LogP contribution in [0, 0.1) is 5.92 Å². The van der Waals surface area contributed by atoms with Crippen molar-refractivity contribution in [1.82, 2.24) is 19.8 Å². The summed E-state index contributed by atoms with van der Waals surface area (Å²) in [5, 5.41) is 15.4. The van der Waals surface area contributed by atoms with Crippen molar-refractivity contribution in [3.63, 3.8) is 0 Å². The molecule has 4 heterocycles. The maximum absolute atomic E-state index is 13.2. The van der Waals surface area contributed by atoms with Gasteiger partial charge in [-0.15, -0.1) is 0 Å². The van der Waals surface area contributed by atoms with E-state index in [1.54, 1.807) is 18.5 Å². The molecule has 176 valence electrons. The Bertz CT molecular complexity index is 967. The Morgan fingerprint density at radius 2 is 1.94 bits per heavy atom. The molecule has 0 unspecified atom stereocenters. The van der Waals surface area contributed by atoms with Crippen molar-refractivity contribution in [2.75, 3.05) is 39.0 Å². The smallest absolute Gasteiger partial charge is 0.225 e. The van der Waals surface area contributed by atoms with E-state index in [1.165, 1.54) is 7.11 Å². The fourth-order valence-electron chi connectivity index (χ4n) is 4.75. The molecular weight excluding hydrogens is 420 g/mol. The van der Waals surface area contributed by atoms with Crippen molar-refractivity contribution in [3.05, 3.63) is 54.0 Å². The Morgan fingerprint density at radius 3 is 2.58 bits per heavy atom. The van der Waals surface area contributed by atoms with Gasteiger partial charge >= 0.3 is 0 Å². The van der Waals surface area contributed by atoms with E-state index < -0.39 is 5.60 Å². The molecule has 4 rings (SSSR count). The highest BCUT2D eigenvalue weighted by molar-refractivity contribution is 6.05. The van der Waals surface area contributed by atoms with E-state index in [1.807, 2.05) is 29.2 Å². The number of oxime groups is 1. The molecule has 33 heavy (non-hydrogen) atoms. The predicted molar refractivity (Wildman–Crippen MR) is 125 cm³/mol. The molecule has 0 radical (unpaired) electrons. The number of aromatic nitrogens is 2. The highest BCUT2D eigenvalue weighted by Crippen LogP contribution is 2.29. The number of aliphatic hydroxyl groups is 1. The SMILES string of the molecule is CO/N=C(/c1ccccn1)C1(O)CCN(C(=O)C2CCN(Cc3ccnc(N)c3)CC2)CC1. The van der Waals surface area contributed by atoms with Crippen LogP contribution in [-0.4, -0.2) is 75.4 Å². The van der Waals surface area contributed by atoms with Crippen LogP contribution >= 0.6 is 0 Å². The number of hydrogen-bond acceptors (Lipinski definition) is 8. The highest BCUT2D eigenvalue weighted by Gasteiger charge is 2.41. The minimum atomic E-state index is -1.17. The summed E-state index contributed by atoms with van der Waals surface area (Å²) in [5.74, 6) is 0.746. The number of piperidine rings is 2. The van der Waals surface area contributed by atoms with E-state index in [-0.39, 0.29) is 11.8 Å². The summed E-state index contributed by atoms with van der Waals surface area (Å²) in [6, 6.07) is 9.36. The minimum absolute atomic E-state index is 0.0258. The normalized spacial score (nSPS) is 19.9. The number of nitrogen functional groups attached to an aromatic ring is 1. The zero-order valence-electron chi connectivity index (χ0n) is 19.1. The summed E-state index contributed by atoms with van der Waals surface area (Å²) in [6.45, 7) is 3.55. The fraction of sp³-hybridized carbons (Fsp3) is 0.500. The van der Waals surface area contributed by atoms with Crippen molar-refractivity contribution >= 4 is 17.4 Å². The second kappa shape index (κ2) is 10.3. The molecule has 2 fully saturated rings. The summed E-state index contributed by atoms with van der Waals surface area (Å²) >= 11 is 0. The van der Waals surface area contributed by atoms with Gasteiger partial charge in [0.15, 0.2) is 0 Å². The third kappa shape index (κ3) is 5.48.